The van der Waals surface area contributed by atoms with Crippen molar-refractivity contribution < 1.29 is 4.79 Å². The Bertz CT molecular complexity index is 336. The summed E-state index contributed by atoms with van der Waals surface area (Å²) in [6.45, 7) is 5.29. The molecule has 3 nitrogen and oxygen atoms in total. The van der Waals surface area contributed by atoms with E-state index < -0.39 is 0 Å². The molecule has 3 heteroatoms. The number of amides is 2. The van der Waals surface area contributed by atoms with Gasteiger partial charge in [-0.3, -0.25) is 0 Å². The molecule has 0 aliphatic carbocycles. The van der Waals surface area contributed by atoms with Gasteiger partial charge >= 0.3 is 6.03 Å². The van der Waals surface area contributed by atoms with Crippen molar-refractivity contribution in [1.29, 1.82) is 0 Å². The molecule has 0 radical (unpaired) electrons. The van der Waals surface area contributed by atoms with Crippen LogP contribution in [0.5, 0.6) is 0 Å². The van der Waals surface area contributed by atoms with Crippen LogP contribution in [-0.2, 0) is 6.54 Å². The molecule has 15 heavy (non-hydrogen) atoms. The zero-order valence-electron chi connectivity index (χ0n) is 9.58. The Morgan fingerprint density at radius 1 is 1.40 bits per heavy atom. The van der Waals surface area contributed by atoms with E-state index in [2.05, 4.69) is 18.3 Å². The monoisotopic (exact) mass is 206 g/mol. The summed E-state index contributed by atoms with van der Waals surface area (Å²) in [6, 6.07) is 8.07. The molecule has 0 aromatic heterocycles. The molecule has 2 amide bonds. The van der Waals surface area contributed by atoms with E-state index in [1.165, 1.54) is 11.1 Å². The molecule has 0 saturated carbocycles. The summed E-state index contributed by atoms with van der Waals surface area (Å²) in [7, 11) is 1.80. The van der Waals surface area contributed by atoms with Crippen molar-refractivity contribution >= 4 is 6.03 Å². The molecule has 0 fully saturated rings. The first-order chi connectivity index (χ1) is 7.15. The molecule has 0 aliphatic heterocycles. The zero-order valence-corrected chi connectivity index (χ0v) is 9.58. The summed E-state index contributed by atoms with van der Waals surface area (Å²) in [4.78, 5) is 13.2. The first kappa shape index (κ1) is 11.6. The average molecular weight is 206 g/mol. The number of carbonyl (C=O) groups excluding carboxylic acids is 1. The van der Waals surface area contributed by atoms with Gasteiger partial charge in [0.1, 0.15) is 0 Å². The van der Waals surface area contributed by atoms with Crippen LogP contribution in [0.25, 0.3) is 0 Å². The van der Waals surface area contributed by atoms with Crippen LogP contribution in [0.15, 0.2) is 24.3 Å². The Kier molecular flexibility index (Phi) is 4.16. The maximum atomic E-state index is 11.5. The number of carbonyl (C=O) groups is 1. The van der Waals surface area contributed by atoms with E-state index in [1.54, 1.807) is 11.9 Å². The summed E-state index contributed by atoms with van der Waals surface area (Å²) in [5.74, 6) is 0. The highest BCUT2D eigenvalue weighted by Gasteiger charge is 2.08. The molecular formula is C12H18N2O. The van der Waals surface area contributed by atoms with Gasteiger partial charge in [-0.05, 0) is 25.0 Å². The topological polar surface area (TPSA) is 32.3 Å². The molecule has 82 valence electrons. The zero-order chi connectivity index (χ0) is 11.3. The molecular weight excluding hydrogens is 188 g/mol. The smallest absolute Gasteiger partial charge is 0.317 e. The molecule has 0 saturated heterocycles. The highest BCUT2D eigenvalue weighted by molar-refractivity contribution is 5.73. The van der Waals surface area contributed by atoms with E-state index in [0.29, 0.717) is 13.1 Å². The van der Waals surface area contributed by atoms with Gasteiger partial charge < -0.3 is 10.2 Å². The van der Waals surface area contributed by atoms with E-state index >= 15 is 0 Å². The van der Waals surface area contributed by atoms with E-state index in [0.717, 1.165) is 0 Å². The van der Waals surface area contributed by atoms with Crippen LogP contribution >= 0.6 is 0 Å². The van der Waals surface area contributed by atoms with Crippen LogP contribution in [0.4, 0.5) is 4.79 Å². The predicted molar refractivity (Wildman–Crippen MR) is 61.7 cm³/mol. The minimum atomic E-state index is -0.0271. The maximum absolute atomic E-state index is 11.5. The fourth-order valence-electron chi connectivity index (χ4n) is 1.40. The van der Waals surface area contributed by atoms with E-state index in [4.69, 9.17) is 0 Å². The van der Waals surface area contributed by atoms with Gasteiger partial charge in [-0.1, -0.05) is 24.3 Å². The molecule has 0 bridgehead atoms. The van der Waals surface area contributed by atoms with E-state index in [-0.39, 0.29) is 6.03 Å². The van der Waals surface area contributed by atoms with Crippen molar-refractivity contribution in [2.75, 3.05) is 13.6 Å². The third kappa shape index (κ3) is 3.27. The predicted octanol–water partition coefficient (Wildman–Crippen LogP) is 2.16. The molecule has 0 unspecified atom stereocenters. The number of benzene rings is 1. The standard InChI is InChI=1S/C12H18N2O/c1-4-13-12(15)14(3)9-11-8-6-5-7-10(11)2/h5-8H,4,9H2,1-3H3,(H,13,15). The molecule has 0 aliphatic rings. The fourth-order valence-corrected chi connectivity index (χ4v) is 1.40. The van der Waals surface area contributed by atoms with Crippen molar-refractivity contribution in [3.05, 3.63) is 35.4 Å². The van der Waals surface area contributed by atoms with Gasteiger partial charge in [-0.2, -0.15) is 0 Å². The lowest BCUT2D eigenvalue weighted by molar-refractivity contribution is 0.207. The molecule has 1 N–H and O–H groups in total. The lowest BCUT2D eigenvalue weighted by Gasteiger charge is -2.18. The van der Waals surface area contributed by atoms with Crippen molar-refractivity contribution in [1.82, 2.24) is 10.2 Å². The number of hydrogen-bond donors (Lipinski definition) is 1. The summed E-state index contributed by atoms with van der Waals surface area (Å²) in [6.07, 6.45) is 0. The lowest BCUT2D eigenvalue weighted by atomic mass is 10.1. The summed E-state index contributed by atoms with van der Waals surface area (Å²) in [5, 5.41) is 2.77. The highest BCUT2D eigenvalue weighted by atomic mass is 16.2. The largest absolute Gasteiger partial charge is 0.338 e. The Morgan fingerprint density at radius 2 is 2.07 bits per heavy atom. The molecule has 0 atom stereocenters. The Morgan fingerprint density at radius 3 is 2.67 bits per heavy atom. The second-order valence-corrected chi connectivity index (χ2v) is 3.62. The normalized spacial score (nSPS) is 9.80. The molecule has 1 aromatic rings. The van der Waals surface area contributed by atoms with Gasteiger partial charge in [0, 0.05) is 20.1 Å². The van der Waals surface area contributed by atoms with Crippen molar-refractivity contribution in [3.8, 4) is 0 Å². The van der Waals surface area contributed by atoms with Crippen molar-refractivity contribution in [2.24, 2.45) is 0 Å². The second kappa shape index (κ2) is 5.39. The number of urea groups is 1. The van der Waals surface area contributed by atoms with Gasteiger partial charge in [0.15, 0.2) is 0 Å². The van der Waals surface area contributed by atoms with Crippen LogP contribution in [0.3, 0.4) is 0 Å². The van der Waals surface area contributed by atoms with E-state index in [9.17, 15) is 4.79 Å². The SMILES string of the molecule is CCNC(=O)N(C)Cc1ccccc1C. The second-order valence-electron chi connectivity index (χ2n) is 3.62. The van der Waals surface area contributed by atoms with Gasteiger partial charge in [0.2, 0.25) is 0 Å². The molecule has 0 heterocycles. The Hall–Kier alpha value is -1.51. The lowest BCUT2D eigenvalue weighted by Crippen LogP contribution is -2.36. The van der Waals surface area contributed by atoms with Crippen LogP contribution in [0.1, 0.15) is 18.1 Å². The van der Waals surface area contributed by atoms with Crippen molar-refractivity contribution in [2.45, 2.75) is 20.4 Å². The van der Waals surface area contributed by atoms with Crippen LogP contribution < -0.4 is 5.32 Å². The molecule has 0 spiro atoms. The Labute approximate surface area is 91.1 Å². The van der Waals surface area contributed by atoms with Crippen LogP contribution in [0.2, 0.25) is 0 Å². The third-order valence-electron chi connectivity index (χ3n) is 2.34. The van der Waals surface area contributed by atoms with E-state index in [1.807, 2.05) is 25.1 Å². The quantitative estimate of drug-likeness (QED) is 0.807. The summed E-state index contributed by atoms with van der Waals surface area (Å²) < 4.78 is 0. The average Bonchev–Trinajstić information content (AvgIpc) is 2.21. The first-order valence-electron chi connectivity index (χ1n) is 5.18. The maximum Gasteiger partial charge on any atom is 0.317 e. The number of aryl methyl sites for hydroxylation is 1. The minimum absolute atomic E-state index is 0.0271. The minimum Gasteiger partial charge on any atom is -0.338 e. The number of nitrogens with zero attached hydrogens (tertiary/aromatic N) is 1. The number of nitrogens with one attached hydrogen (secondary N) is 1. The van der Waals surface area contributed by atoms with Gasteiger partial charge in [-0.15, -0.1) is 0 Å². The van der Waals surface area contributed by atoms with Gasteiger partial charge in [0.25, 0.3) is 0 Å². The van der Waals surface area contributed by atoms with Crippen molar-refractivity contribution in [3.63, 3.8) is 0 Å². The van der Waals surface area contributed by atoms with Gasteiger partial charge in [0.05, 0.1) is 0 Å². The Balaban J connectivity index is 2.62. The molecule has 1 rings (SSSR count). The van der Waals surface area contributed by atoms with Crippen LogP contribution in [-0.4, -0.2) is 24.5 Å². The first-order valence-corrected chi connectivity index (χ1v) is 5.18. The highest BCUT2D eigenvalue weighted by Crippen LogP contribution is 2.09. The number of rotatable bonds is 3. The van der Waals surface area contributed by atoms with Gasteiger partial charge in [-0.25, -0.2) is 4.79 Å². The fraction of sp³-hybridized carbons (Fsp3) is 0.417. The van der Waals surface area contributed by atoms with Crippen LogP contribution in [0, 0.1) is 6.92 Å². The third-order valence-corrected chi connectivity index (χ3v) is 2.34. The number of hydrogen-bond acceptors (Lipinski definition) is 1. The summed E-state index contributed by atoms with van der Waals surface area (Å²) >= 11 is 0. The molecule has 1 aromatic carbocycles. The summed E-state index contributed by atoms with van der Waals surface area (Å²) in [5.41, 5.74) is 2.40.